The van der Waals surface area contributed by atoms with Gasteiger partial charge in [-0.2, -0.15) is 0 Å². The Labute approximate surface area is 95.8 Å². The van der Waals surface area contributed by atoms with E-state index >= 15 is 0 Å². The average Bonchev–Trinajstić information content (AvgIpc) is 2.54. The van der Waals surface area contributed by atoms with Crippen LogP contribution in [0.4, 0.5) is 0 Å². The molecule has 16 heavy (non-hydrogen) atoms. The van der Waals surface area contributed by atoms with Crippen LogP contribution in [0.3, 0.4) is 0 Å². The summed E-state index contributed by atoms with van der Waals surface area (Å²) >= 11 is 0. The summed E-state index contributed by atoms with van der Waals surface area (Å²) < 4.78 is 5.16. The lowest BCUT2D eigenvalue weighted by atomic mass is 9.93. The van der Waals surface area contributed by atoms with E-state index in [1.165, 1.54) is 0 Å². The first-order valence-corrected chi connectivity index (χ1v) is 5.80. The second kappa shape index (κ2) is 5.10. The monoisotopic (exact) mass is 219 g/mol. The maximum Gasteiger partial charge on any atom is 0.137 e. The molecule has 3 nitrogen and oxygen atoms in total. The van der Waals surface area contributed by atoms with Crippen molar-refractivity contribution >= 4 is 5.78 Å². The fourth-order valence-corrected chi connectivity index (χ4v) is 2.25. The number of hydrogen-bond acceptors (Lipinski definition) is 3. The van der Waals surface area contributed by atoms with Gasteiger partial charge < -0.3 is 4.74 Å². The highest BCUT2D eigenvalue weighted by molar-refractivity contribution is 5.79. The number of Topliss-reactive ketones (excluding diaryl/α,β-unsaturated/α-hetero) is 1. The molecule has 1 heterocycles. The van der Waals surface area contributed by atoms with Crippen LogP contribution in [0.5, 0.6) is 5.75 Å². The normalized spacial score (nSPS) is 21.6. The van der Waals surface area contributed by atoms with Crippen LogP contribution >= 0.6 is 0 Å². The van der Waals surface area contributed by atoms with Gasteiger partial charge >= 0.3 is 0 Å². The van der Waals surface area contributed by atoms with Crippen molar-refractivity contribution < 1.29 is 9.53 Å². The van der Waals surface area contributed by atoms with Crippen LogP contribution < -0.4 is 4.74 Å². The molecule has 1 aliphatic carbocycles. The summed E-state index contributed by atoms with van der Waals surface area (Å²) in [6.45, 7) is 0. The Hall–Kier alpha value is -1.38. The number of carbonyl (C=O) groups is 1. The first-order valence-electron chi connectivity index (χ1n) is 5.80. The molecule has 0 bridgehead atoms. The van der Waals surface area contributed by atoms with Gasteiger partial charge in [-0.1, -0.05) is 6.42 Å². The van der Waals surface area contributed by atoms with E-state index in [1.807, 2.05) is 12.3 Å². The van der Waals surface area contributed by atoms with Gasteiger partial charge in [0.15, 0.2) is 0 Å². The average molecular weight is 219 g/mol. The van der Waals surface area contributed by atoms with Crippen molar-refractivity contribution in [2.75, 3.05) is 7.11 Å². The van der Waals surface area contributed by atoms with E-state index in [0.717, 1.165) is 37.0 Å². The minimum atomic E-state index is 0.331. The second-order valence-corrected chi connectivity index (χ2v) is 4.34. The van der Waals surface area contributed by atoms with Gasteiger partial charge in [0.25, 0.3) is 0 Å². The summed E-state index contributed by atoms with van der Waals surface area (Å²) in [6, 6.07) is 2.00. The zero-order chi connectivity index (χ0) is 11.4. The van der Waals surface area contributed by atoms with Gasteiger partial charge in [0, 0.05) is 19.0 Å². The lowest BCUT2D eigenvalue weighted by Gasteiger charge is -2.13. The van der Waals surface area contributed by atoms with Gasteiger partial charge in [0.05, 0.1) is 13.3 Å². The lowest BCUT2D eigenvalue weighted by molar-refractivity contribution is -0.119. The first kappa shape index (κ1) is 11.1. The molecule has 0 aromatic carbocycles. The fraction of sp³-hybridized carbons (Fsp3) is 0.538. The Morgan fingerprint density at radius 2 is 2.25 bits per heavy atom. The zero-order valence-corrected chi connectivity index (χ0v) is 9.61. The number of carbonyl (C=O) groups excluding carboxylic acids is 1. The van der Waals surface area contributed by atoms with Gasteiger partial charge in [-0.15, -0.1) is 0 Å². The van der Waals surface area contributed by atoms with Crippen molar-refractivity contribution in [3.05, 3.63) is 24.0 Å². The topological polar surface area (TPSA) is 39.2 Å². The molecule has 0 spiro atoms. The molecule has 0 N–H and O–H groups in total. The molecule has 1 atom stereocenters. The molecule has 3 heteroatoms. The molecule has 1 unspecified atom stereocenters. The number of aromatic nitrogens is 1. The van der Waals surface area contributed by atoms with E-state index < -0.39 is 0 Å². The summed E-state index contributed by atoms with van der Waals surface area (Å²) in [5.41, 5.74) is 1.13. The molecule has 1 aromatic heterocycles. The maximum absolute atomic E-state index is 11.6. The standard InChI is InChI=1S/C13H17NO2/c1-16-13-7-11(8-14-9-13)10-4-2-3-5-12(15)6-10/h7-10H,2-6H2,1H3. The molecule has 86 valence electrons. The highest BCUT2D eigenvalue weighted by Gasteiger charge is 2.19. The van der Waals surface area contributed by atoms with Crippen LogP contribution in [0.15, 0.2) is 18.5 Å². The van der Waals surface area contributed by atoms with E-state index in [-0.39, 0.29) is 0 Å². The van der Waals surface area contributed by atoms with Crippen molar-refractivity contribution in [1.29, 1.82) is 0 Å². The third-order valence-electron chi connectivity index (χ3n) is 3.17. The van der Waals surface area contributed by atoms with Crippen LogP contribution in [-0.2, 0) is 4.79 Å². The fourth-order valence-electron chi connectivity index (χ4n) is 2.25. The zero-order valence-electron chi connectivity index (χ0n) is 9.61. The van der Waals surface area contributed by atoms with Crippen LogP contribution in [0.1, 0.15) is 43.6 Å². The highest BCUT2D eigenvalue weighted by Crippen LogP contribution is 2.30. The number of hydrogen-bond donors (Lipinski definition) is 0. The Kier molecular flexibility index (Phi) is 3.54. The van der Waals surface area contributed by atoms with E-state index in [9.17, 15) is 4.79 Å². The van der Waals surface area contributed by atoms with Crippen LogP contribution in [0.2, 0.25) is 0 Å². The van der Waals surface area contributed by atoms with Crippen molar-refractivity contribution in [2.24, 2.45) is 0 Å². The predicted molar refractivity (Wildman–Crippen MR) is 61.6 cm³/mol. The van der Waals surface area contributed by atoms with Crippen molar-refractivity contribution in [3.63, 3.8) is 0 Å². The third kappa shape index (κ3) is 2.60. The summed E-state index contributed by atoms with van der Waals surface area (Å²) in [6.07, 6.45) is 8.21. The van der Waals surface area contributed by atoms with E-state index in [1.54, 1.807) is 13.3 Å². The number of pyridine rings is 1. The third-order valence-corrected chi connectivity index (χ3v) is 3.17. The van der Waals surface area contributed by atoms with Crippen LogP contribution in [0, 0.1) is 0 Å². The smallest absolute Gasteiger partial charge is 0.137 e. The highest BCUT2D eigenvalue weighted by atomic mass is 16.5. The SMILES string of the molecule is COc1cncc(C2CCCCC(=O)C2)c1. The van der Waals surface area contributed by atoms with E-state index in [0.29, 0.717) is 18.1 Å². The Morgan fingerprint density at radius 1 is 1.38 bits per heavy atom. The Morgan fingerprint density at radius 3 is 3.06 bits per heavy atom. The number of methoxy groups -OCH3 is 1. The first-order chi connectivity index (χ1) is 7.79. The molecule has 0 radical (unpaired) electrons. The van der Waals surface area contributed by atoms with Gasteiger partial charge in [-0.05, 0) is 30.4 Å². The molecule has 2 rings (SSSR count). The molecule has 0 saturated heterocycles. The molecule has 0 aliphatic heterocycles. The number of nitrogens with zero attached hydrogens (tertiary/aromatic N) is 1. The Bertz CT molecular complexity index is 376. The minimum absolute atomic E-state index is 0.331. The number of rotatable bonds is 2. The number of ketones is 1. The molecular weight excluding hydrogens is 202 g/mol. The largest absolute Gasteiger partial charge is 0.495 e. The molecule has 1 fully saturated rings. The van der Waals surface area contributed by atoms with E-state index in [2.05, 4.69) is 4.98 Å². The maximum atomic E-state index is 11.6. The van der Waals surface area contributed by atoms with Crippen molar-refractivity contribution in [3.8, 4) is 5.75 Å². The molecule has 0 amide bonds. The molecule has 1 aliphatic rings. The summed E-state index contributed by atoms with van der Waals surface area (Å²) in [7, 11) is 1.64. The van der Waals surface area contributed by atoms with Gasteiger partial charge in [0.2, 0.25) is 0 Å². The van der Waals surface area contributed by atoms with Crippen LogP contribution in [-0.4, -0.2) is 17.9 Å². The molecule has 1 saturated carbocycles. The van der Waals surface area contributed by atoms with E-state index in [4.69, 9.17) is 4.74 Å². The van der Waals surface area contributed by atoms with Crippen molar-refractivity contribution in [2.45, 2.75) is 38.0 Å². The lowest BCUT2D eigenvalue weighted by Crippen LogP contribution is -2.04. The second-order valence-electron chi connectivity index (χ2n) is 4.34. The summed E-state index contributed by atoms with van der Waals surface area (Å²) in [4.78, 5) is 15.7. The van der Waals surface area contributed by atoms with Crippen molar-refractivity contribution in [1.82, 2.24) is 4.98 Å². The quantitative estimate of drug-likeness (QED) is 0.718. The Balaban J connectivity index is 2.17. The summed E-state index contributed by atoms with van der Waals surface area (Å²) in [5, 5.41) is 0. The molecular formula is C13H17NO2. The minimum Gasteiger partial charge on any atom is -0.495 e. The van der Waals surface area contributed by atoms with Gasteiger partial charge in [-0.25, -0.2) is 0 Å². The van der Waals surface area contributed by atoms with Gasteiger partial charge in [-0.3, -0.25) is 9.78 Å². The predicted octanol–water partition coefficient (Wildman–Crippen LogP) is 2.71. The van der Waals surface area contributed by atoms with Gasteiger partial charge in [0.1, 0.15) is 11.5 Å². The summed E-state index contributed by atoms with van der Waals surface area (Å²) in [5.74, 6) is 1.48. The number of ether oxygens (including phenoxy) is 1. The van der Waals surface area contributed by atoms with Crippen LogP contribution in [0.25, 0.3) is 0 Å². The molecule has 1 aromatic rings.